The predicted octanol–water partition coefficient (Wildman–Crippen LogP) is 2.56. The molecule has 0 radical (unpaired) electrons. The van der Waals surface area contributed by atoms with E-state index in [1.807, 2.05) is 0 Å². The van der Waals surface area contributed by atoms with Gasteiger partial charge in [0.2, 0.25) is 0 Å². The van der Waals surface area contributed by atoms with Gasteiger partial charge in [0.1, 0.15) is 0 Å². The molecule has 2 fully saturated rings. The Morgan fingerprint density at radius 1 is 1.00 bits per heavy atom. The molecule has 0 aromatic rings. The van der Waals surface area contributed by atoms with Crippen molar-refractivity contribution in [3.8, 4) is 0 Å². The summed E-state index contributed by atoms with van der Waals surface area (Å²) in [6.45, 7) is 9.72. The van der Waals surface area contributed by atoms with Crippen LogP contribution in [0.2, 0.25) is 0 Å². The van der Waals surface area contributed by atoms with Crippen LogP contribution in [0.3, 0.4) is 0 Å². The maximum absolute atomic E-state index is 2.70. The Morgan fingerprint density at radius 3 is 2.40 bits per heavy atom. The standard InChI is InChI=1S/C14H27N/c1-10-8-9-11-6-5-7-12(13(11)15-10)14(2,3)4/h10-13,15H,5-9H2,1-4H3/p+1/t10-,11-,12+,13-/m1/s1. The van der Waals surface area contributed by atoms with Crippen LogP contribution in [0, 0.1) is 17.3 Å². The number of quaternary nitrogens is 1. The van der Waals surface area contributed by atoms with E-state index in [4.69, 9.17) is 0 Å². The molecule has 2 rings (SSSR count). The van der Waals surface area contributed by atoms with Gasteiger partial charge in [-0.2, -0.15) is 0 Å². The minimum absolute atomic E-state index is 0.511. The number of rotatable bonds is 0. The van der Waals surface area contributed by atoms with Crippen molar-refractivity contribution in [1.29, 1.82) is 0 Å². The van der Waals surface area contributed by atoms with Crippen LogP contribution in [0.25, 0.3) is 0 Å². The molecule has 0 amide bonds. The van der Waals surface area contributed by atoms with Crippen LogP contribution in [0.4, 0.5) is 0 Å². The van der Waals surface area contributed by atoms with Crippen molar-refractivity contribution in [1.82, 2.24) is 0 Å². The predicted molar refractivity (Wildman–Crippen MR) is 64.7 cm³/mol. The lowest BCUT2D eigenvalue weighted by Gasteiger charge is -2.46. The van der Waals surface area contributed by atoms with Gasteiger partial charge in [-0.1, -0.05) is 27.2 Å². The molecular weight excluding hydrogens is 182 g/mol. The smallest absolute Gasteiger partial charge is 0.0923 e. The van der Waals surface area contributed by atoms with Gasteiger partial charge in [0.05, 0.1) is 12.1 Å². The lowest BCUT2D eigenvalue weighted by Crippen LogP contribution is -2.99. The Hall–Kier alpha value is -0.0400. The Bertz CT molecular complexity index is 216. The molecule has 0 bridgehead atoms. The zero-order valence-corrected chi connectivity index (χ0v) is 10.9. The summed E-state index contributed by atoms with van der Waals surface area (Å²) in [6, 6.07) is 1.80. The molecule has 2 aliphatic rings. The highest BCUT2D eigenvalue weighted by Gasteiger charge is 2.44. The third kappa shape index (κ3) is 2.38. The second kappa shape index (κ2) is 4.08. The van der Waals surface area contributed by atoms with Gasteiger partial charge in [0.15, 0.2) is 0 Å². The lowest BCUT2D eigenvalue weighted by molar-refractivity contribution is -0.743. The number of hydrogen-bond donors (Lipinski definition) is 1. The van der Waals surface area contributed by atoms with Crippen molar-refractivity contribution in [3.05, 3.63) is 0 Å². The van der Waals surface area contributed by atoms with E-state index in [0.29, 0.717) is 5.41 Å². The highest BCUT2D eigenvalue weighted by molar-refractivity contribution is 4.89. The first-order chi connectivity index (χ1) is 6.98. The first-order valence-corrected chi connectivity index (χ1v) is 6.83. The molecule has 2 N–H and O–H groups in total. The Morgan fingerprint density at radius 2 is 1.73 bits per heavy atom. The van der Waals surface area contributed by atoms with Gasteiger partial charge in [-0.3, -0.25) is 0 Å². The first-order valence-electron chi connectivity index (χ1n) is 6.83. The van der Waals surface area contributed by atoms with E-state index in [9.17, 15) is 0 Å². The maximum Gasteiger partial charge on any atom is 0.0923 e. The molecule has 0 unspecified atom stereocenters. The maximum atomic E-state index is 2.70. The van der Waals surface area contributed by atoms with Crippen molar-refractivity contribution in [2.75, 3.05) is 0 Å². The third-order valence-electron chi connectivity index (χ3n) is 4.75. The summed E-state index contributed by atoms with van der Waals surface area (Å²) in [5.74, 6) is 1.97. The molecule has 1 saturated heterocycles. The van der Waals surface area contributed by atoms with Crippen molar-refractivity contribution in [2.45, 2.75) is 71.9 Å². The number of nitrogens with two attached hydrogens (primary N) is 1. The van der Waals surface area contributed by atoms with E-state index in [2.05, 4.69) is 33.0 Å². The fourth-order valence-corrected chi connectivity index (χ4v) is 3.90. The molecule has 1 nitrogen and oxygen atoms in total. The highest BCUT2D eigenvalue weighted by Crippen LogP contribution is 2.41. The van der Waals surface area contributed by atoms with E-state index < -0.39 is 0 Å². The van der Waals surface area contributed by atoms with E-state index in [1.54, 1.807) is 0 Å². The van der Waals surface area contributed by atoms with Crippen LogP contribution < -0.4 is 5.32 Å². The fraction of sp³-hybridized carbons (Fsp3) is 1.00. The molecule has 0 spiro atoms. The zero-order chi connectivity index (χ0) is 11.1. The van der Waals surface area contributed by atoms with Gasteiger partial charge < -0.3 is 5.32 Å². The normalized spacial score (nSPS) is 42.4. The van der Waals surface area contributed by atoms with Gasteiger partial charge in [0.25, 0.3) is 0 Å². The summed E-state index contributed by atoms with van der Waals surface area (Å²) >= 11 is 0. The fourth-order valence-electron chi connectivity index (χ4n) is 3.90. The third-order valence-corrected chi connectivity index (χ3v) is 4.75. The van der Waals surface area contributed by atoms with E-state index >= 15 is 0 Å². The van der Waals surface area contributed by atoms with Crippen LogP contribution in [-0.2, 0) is 0 Å². The van der Waals surface area contributed by atoms with Crippen LogP contribution in [-0.4, -0.2) is 12.1 Å². The van der Waals surface area contributed by atoms with Crippen molar-refractivity contribution >= 4 is 0 Å². The minimum Gasteiger partial charge on any atom is -0.341 e. The molecule has 4 atom stereocenters. The van der Waals surface area contributed by atoms with Crippen LogP contribution in [0.1, 0.15) is 59.8 Å². The van der Waals surface area contributed by atoms with Gasteiger partial charge in [-0.05, 0) is 38.0 Å². The van der Waals surface area contributed by atoms with Crippen LogP contribution in [0.5, 0.6) is 0 Å². The summed E-state index contributed by atoms with van der Waals surface area (Å²) in [5.41, 5.74) is 0.511. The Balaban J connectivity index is 2.11. The molecule has 1 heteroatoms. The largest absolute Gasteiger partial charge is 0.341 e. The summed E-state index contributed by atoms with van der Waals surface area (Å²) in [5, 5.41) is 2.70. The zero-order valence-electron chi connectivity index (χ0n) is 10.9. The van der Waals surface area contributed by atoms with Crippen molar-refractivity contribution in [2.24, 2.45) is 17.3 Å². The molecule has 88 valence electrons. The molecule has 1 aliphatic heterocycles. The number of fused-ring (bicyclic) bond motifs is 1. The van der Waals surface area contributed by atoms with E-state index in [-0.39, 0.29) is 0 Å². The van der Waals surface area contributed by atoms with Gasteiger partial charge in [-0.25, -0.2) is 0 Å². The van der Waals surface area contributed by atoms with Crippen LogP contribution in [0.15, 0.2) is 0 Å². The van der Waals surface area contributed by atoms with Gasteiger partial charge >= 0.3 is 0 Å². The van der Waals surface area contributed by atoms with Crippen molar-refractivity contribution < 1.29 is 5.32 Å². The molecule has 1 heterocycles. The second-order valence-electron chi connectivity index (χ2n) is 6.99. The van der Waals surface area contributed by atoms with Crippen molar-refractivity contribution in [3.63, 3.8) is 0 Å². The molecule has 1 saturated carbocycles. The summed E-state index contributed by atoms with van der Waals surface area (Å²) in [6.07, 6.45) is 7.38. The molecular formula is C14H28N+. The monoisotopic (exact) mass is 210 g/mol. The average Bonchev–Trinajstić information content (AvgIpc) is 2.15. The molecule has 0 aromatic carbocycles. The highest BCUT2D eigenvalue weighted by atomic mass is 15.0. The summed E-state index contributed by atoms with van der Waals surface area (Å²) in [4.78, 5) is 0. The minimum atomic E-state index is 0.511. The molecule has 0 aromatic heterocycles. The van der Waals surface area contributed by atoms with Crippen LogP contribution >= 0.6 is 0 Å². The topological polar surface area (TPSA) is 16.6 Å². The number of hydrogen-bond acceptors (Lipinski definition) is 0. The SMILES string of the molecule is C[C@@H]1CC[C@H]2CCC[C@H](C(C)(C)C)[C@@H]2[NH2+]1. The summed E-state index contributed by atoms with van der Waals surface area (Å²) in [7, 11) is 0. The summed E-state index contributed by atoms with van der Waals surface area (Å²) < 4.78 is 0. The lowest BCUT2D eigenvalue weighted by atomic mass is 9.63. The Kier molecular flexibility index (Phi) is 3.12. The first kappa shape index (κ1) is 11.4. The number of piperidine rings is 1. The van der Waals surface area contributed by atoms with Gasteiger partial charge in [0, 0.05) is 11.8 Å². The second-order valence-corrected chi connectivity index (χ2v) is 6.99. The average molecular weight is 210 g/mol. The van der Waals surface area contributed by atoms with Gasteiger partial charge in [-0.15, -0.1) is 0 Å². The molecule has 15 heavy (non-hydrogen) atoms. The van der Waals surface area contributed by atoms with E-state index in [0.717, 1.165) is 23.9 Å². The Labute approximate surface area is 95.0 Å². The molecule has 1 aliphatic carbocycles. The van der Waals surface area contributed by atoms with E-state index in [1.165, 1.54) is 32.1 Å². The quantitative estimate of drug-likeness (QED) is 0.633.